The van der Waals surface area contributed by atoms with Gasteiger partial charge < -0.3 is 14.8 Å². The molecule has 3 rings (SSSR count). The summed E-state index contributed by atoms with van der Waals surface area (Å²) in [5.74, 6) is -1.15. The van der Waals surface area contributed by atoms with Crippen LogP contribution in [0.15, 0.2) is 40.1 Å². The number of Topliss-reactive ketones (excluding diaryl/α,β-unsaturated/α-hetero) is 1. The number of thiophene rings is 1. The van der Waals surface area contributed by atoms with Crippen LogP contribution in [0.25, 0.3) is 0 Å². The zero-order valence-electron chi connectivity index (χ0n) is 17.7. The highest BCUT2D eigenvalue weighted by molar-refractivity contribution is 7.99. The van der Waals surface area contributed by atoms with E-state index in [0.717, 1.165) is 22.1 Å². The van der Waals surface area contributed by atoms with Crippen molar-refractivity contribution in [1.29, 1.82) is 0 Å². The van der Waals surface area contributed by atoms with E-state index in [4.69, 9.17) is 9.47 Å². The Kier molecular flexibility index (Phi) is 7.41. The molecule has 30 heavy (non-hydrogen) atoms. The van der Waals surface area contributed by atoms with Crippen molar-refractivity contribution >= 4 is 40.8 Å². The number of carbonyl (C=O) groups is 3. The van der Waals surface area contributed by atoms with E-state index in [9.17, 15) is 14.4 Å². The van der Waals surface area contributed by atoms with Gasteiger partial charge in [0, 0.05) is 27.6 Å². The normalized spacial score (nSPS) is 23.7. The quantitative estimate of drug-likeness (QED) is 0.386. The number of ether oxygens (including phenoxy) is 2. The van der Waals surface area contributed by atoms with Crippen LogP contribution in [0.3, 0.4) is 0 Å². The molecule has 0 fully saturated rings. The lowest BCUT2D eigenvalue weighted by Gasteiger charge is -2.37. The first-order valence-electron chi connectivity index (χ1n) is 10.0. The van der Waals surface area contributed by atoms with Crippen LogP contribution in [0.4, 0.5) is 0 Å². The number of thioether (sulfide) groups is 1. The molecule has 0 amide bonds. The first-order chi connectivity index (χ1) is 14.4. The number of rotatable bonds is 7. The van der Waals surface area contributed by atoms with Gasteiger partial charge in [-0.25, -0.2) is 4.79 Å². The van der Waals surface area contributed by atoms with Crippen LogP contribution < -0.4 is 5.32 Å². The molecule has 3 atom stereocenters. The molecule has 8 heteroatoms. The van der Waals surface area contributed by atoms with Crippen molar-refractivity contribution in [3.8, 4) is 0 Å². The molecule has 1 aliphatic carbocycles. The largest absolute Gasteiger partial charge is 0.468 e. The number of carbonyl (C=O) groups excluding carboxylic acids is 3. The van der Waals surface area contributed by atoms with E-state index < -0.39 is 23.8 Å². The van der Waals surface area contributed by atoms with Gasteiger partial charge in [0.2, 0.25) is 0 Å². The van der Waals surface area contributed by atoms with Crippen LogP contribution in [0.1, 0.15) is 38.0 Å². The maximum absolute atomic E-state index is 13.5. The molecule has 162 valence electrons. The maximum Gasteiger partial charge on any atom is 0.336 e. The molecule has 6 nitrogen and oxygen atoms in total. The van der Waals surface area contributed by atoms with Gasteiger partial charge in [0.15, 0.2) is 5.78 Å². The second-order valence-electron chi connectivity index (χ2n) is 7.38. The first kappa shape index (κ1) is 22.6. The van der Waals surface area contributed by atoms with Crippen LogP contribution in [-0.2, 0) is 23.9 Å². The van der Waals surface area contributed by atoms with Crippen LogP contribution in [-0.4, -0.2) is 42.9 Å². The van der Waals surface area contributed by atoms with E-state index in [0.29, 0.717) is 29.9 Å². The third kappa shape index (κ3) is 4.34. The molecule has 2 heterocycles. The average molecular weight is 450 g/mol. The Morgan fingerprint density at radius 3 is 2.77 bits per heavy atom. The molecule has 0 saturated carbocycles. The highest BCUT2D eigenvalue weighted by Crippen LogP contribution is 2.46. The fourth-order valence-electron chi connectivity index (χ4n) is 4.11. The van der Waals surface area contributed by atoms with Crippen LogP contribution >= 0.6 is 23.1 Å². The molecule has 1 aromatic rings. The predicted molar refractivity (Wildman–Crippen MR) is 118 cm³/mol. The summed E-state index contributed by atoms with van der Waals surface area (Å²) < 4.78 is 10.4. The fourth-order valence-corrected chi connectivity index (χ4v) is 5.44. The Balaban J connectivity index is 2.00. The van der Waals surface area contributed by atoms with Gasteiger partial charge in [0.25, 0.3) is 0 Å². The number of nitrogens with one attached hydrogen (secondary N) is 1. The number of esters is 2. The van der Waals surface area contributed by atoms with Crippen molar-refractivity contribution in [2.24, 2.45) is 11.8 Å². The van der Waals surface area contributed by atoms with Crippen molar-refractivity contribution in [1.82, 2.24) is 5.32 Å². The average Bonchev–Trinajstić information content (AvgIpc) is 3.24. The standard InChI is InChI=1S/C22H27NO5S2/c1-5-29-10-8-28-22(26)17-13(3)23-14-11-12(2)16(21(25)27-4)20(24)18(14)19(17)15-7-6-9-30-15/h6-7,9,12,16,19,23H,5,8,10-11H2,1-4H3. The Morgan fingerprint density at radius 2 is 2.13 bits per heavy atom. The molecule has 1 N–H and O–H groups in total. The topological polar surface area (TPSA) is 81.7 Å². The van der Waals surface area contributed by atoms with Crippen LogP contribution in [0.2, 0.25) is 0 Å². The molecule has 0 saturated heterocycles. The van der Waals surface area contributed by atoms with Crippen molar-refractivity contribution in [2.45, 2.75) is 33.1 Å². The number of allylic oxidation sites excluding steroid dienone is 3. The third-order valence-corrected chi connectivity index (χ3v) is 7.26. The van der Waals surface area contributed by atoms with E-state index in [2.05, 4.69) is 12.2 Å². The third-order valence-electron chi connectivity index (χ3n) is 5.46. The van der Waals surface area contributed by atoms with E-state index in [1.165, 1.54) is 18.4 Å². The van der Waals surface area contributed by atoms with E-state index >= 15 is 0 Å². The monoisotopic (exact) mass is 449 g/mol. The lowest BCUT2D eigenvalue weighted by atomic mass is 9.70. The molecule has 0 spiro atoms. The molecule has 2 aliphatic rings. The van der Waals surface area contributed by atoms with Gasteiger partial charge in [-0.05, 0) is 36.5 Å². The van der Waals surface area contributed by atoms with Gasteiger partial charge in [-0.3, -0.25) is 9.59 Å². The molecule has 0 aromatic carbocycles. The smallest absolute Gasteiger partial charge is 0.336 e. The number of dihydropyridines is 1. The SMILES string of the molecule is CCSCCOC(=O)C1=C(C)NC2=C(C(=O)C(C(=O)OC)C(C)C2)C1c1cccs1. The molecular formula is C22H27NO5S2. The number of hydrogen-bond donors (Lipinski definition) is 1. The zero-order valence-corrected chi connectivity index (χ0v) is 19.3. The maximum atomic E-state index is 13.5. The van der Waals surface area contributed by atoms with Gasteiger partial charge in [-0.2, -0.15) is 11.8 Å². The van der Waals surface area contributed by atoms with E-state index in [-0.39, 0.29) is 11.7 Å². The van der Waals surface area contributed by atoms with Crippen molar-refractivity contribution in [3.63, 3.8) is 0 Å². The first-order valence-corrected chi connectivity index (χ1v) is 12.0. The van der Waals surface area contributed by atoms with E-state index in [1.54, 1.807) is 11.8 Å². The van der Waals surface area contributed by atoms with Gasteiger partial charge in [0.1, 0.15) is 12.5 Å². The number of hydrogen-bond acceptors (Lipinski definition) is 8. The second-order valence-corrected chi connectivity index (χ2v) is 9.76. The summed E-state index contributed by atoms with van der Waals surface area (Å²) in [5, 5.41) is 5.18. The summed E-state index contributed by atoms with van der Waals surface area (Å²) in [7, 11) is 1.29. The van der Waals surface area contributed by atoms with Crippen LogP contribution in [0.5, 0.6) is 0 Å². The summed E-state index contributed by atoms with van der Waals surface area (Å²) in [6.45, 7) is 6.08. The summed E-state index contributed by atoms with van der Waals surface area (Å²) in [6.07, 6.45) is 0.537. The fraction of sp³-hybridized carbons (Fsp3) is 0.500. The molecular weight excluding hydrogens is 422 g/mol. The minimum Gasteiger partial charge on any atom is -0.468 e. The van der Waals surface area contributed by atoms with Crippen molar-refractivity contribution < 1.29 is 23.9 Å². The van der Waals surface area contributed by atoms with Crippen molar-refractivity contribution in [3.05, 3.63) is 44.9 Å². The Hall–Kier alpha value is -2.06. The van der Waals surface area contributed by atoms with Gasteiger partial charge >= 0.3 is 11.9 Å². The lowest BCUT2D eigenvalue weighted by molar-refractivity contribution is -0.151. The minimum atomic E-state index is -0.866. The summed E-state index contributed by atoms with van der Waals surface area (Å²) in [6, 6.07) is 3.81. The second kappa shape index (κ2) is 9.83. The van der Waals surface area contributed by atoms with Crippen molar-refractivity contribution in [2.75, 3.05) is 25.2 Å². The Labute approximate surface area is 185 Å². The zero-order chi connectivity index (χ0) is 21.8. The van der Waals surface area contributed by atoms with Gasteiger partial charge in [-0.15, -0.1) is 11.3 Å². The number of ketones is 1. The predicted octanol–water partition coefficient (Wildman–Crippen LogP) is 3.66. The summed E-state index contributed by atoms with van der Waals surface area (Å²) in [4.78, 5) is 39.8. The summed E-state index contributed by atoms with van der Waals surface area (Å²) >= 11 is 3.18. The highest BCUT2D eigenvalue weighted by Gasteiger charge is 2.47. The highest BCUT2D eigenvalue weighted by atomic mass is 32.2. The molecule has 0 bridgehead atoms. The Morgan fingerprint density at radius 1 is 1.37 bits per heavy atom. The number of methoxy groups -OCH3 is 1. The van der Waals surface area contributed by atoms with Crippen LogP contribution in [0, 0.1) is 11.8 Å². The lowest BCUT2D eigenvalue weighted by Crippen LogP contribution is -2.43. The van der Waals surface area contributed by atoms with Gasteiger partial charge in [0.05, 0.1) is 18.6 Å². The van der Waals surface area contributed by atoms with E-state index in [1.807, 2.05) is 31.4 Å². The summed E-state index contributed by atoms with van der Waals surface area (Å²) in [5.41, 5.74) is 2.38. The van der Waals surface area contributed by atoms with Gasteiger partial charge in [-0.1, -0.05) is 19.9 Å². The minimum absolute atomic E-state index is 0.187. The Bertz CT molecular complexity index is 887. The molecule has 1 aliphatic heterocycles. The molecule has 1 aromatic heterocycles. The molecule has 0 radical (unpaired) electrons. The molecule has 3 unspecified atom stereocenters.